The molecule has 138 valence electrons. The van der Waals surface area contributed by atoms with Crippen molar-refractivity contribution in [2.24, 2.45) is 5.10 Å². The average molecular weight is 407 g/mol. The van der Waals surface area contributed by atoms with Gasteiger partial charge >= 0.3 is 0 Å². The van der Waals surface area contributed by atoms with Gasteiger partial charge in [-0.05, 0) is 54.6 Å². The van der Waals surface area contributed by atoms with Crippen molar-refractivity contribution >= 4 is 40.8 Å². The SMILES string of the molecule is Clc1ccc(-c2ccc(/C=N\N(c3ccccc3)c3ccccc3)o2)c(Cl)c1. The van der Waals surface area contributed by atoms with E-state index in [2.05, 4.69) is 5.10 Å². The van der Waals surface area contributed by atoms with Crippen molar-refractivity contribution in [3.8, 4) is 11.3 Å². The first-order valence-corrected chi connectivity index (χ1v) is 9.46. The maximum absolute atomic E-state index is 6.27. The van der Waals surface area contributed by atoms with Crippen LogP contribution >= 0.6 is 23.2 Å². The Kier molecular flexibility index (Phi) is 5.47. The maximum Gasteiger partial charge on any atom is 0.147 e. The summed E-state index contributed by atoms with van der Waals surface area (Å²) in [6, 6.07) is 28.9. The number of para-hydroxylation sites is 2. The van der Waals surface area contributed by atoms with Gasteiger partial charge < -0.3 is 4.42 Å². The first-order chi connectivity index (χ1) is 13.7. The van der Waals surface area contributed by atoms with Crippen molar-refractivity contribution in [3.63, 3.8) is 0 Å². The molecule has 0 unspecified atom stereocenters. The van der Waals surface area contributed by atoms with E-state index in [0.29, 0.717) is 21.6 Å². The van der Waals surface area contributed by atoms with Gasteiger partial charge in [-0.25, -0.2) is 5.01 Å². The number of hydrazone groups is 1. The molecule has 4 rings (SSSR count). The van der Waals surface area contributed by atoms with Gasteiger partial charge in [0, 0.05) is 10.6 Å². The van der Waals surface area contributed by atoms with Gasteiger partial charge in [-0.15, -0.1) is 0 Å². The molecule has 1 aromatic heterocycles. The average Bonchev–Trinajstić information content (AvgIpc) is 3.18. The quantitative estimate of drug-likeness (QED) is 0.254. The maximum atomic E-state index is 6.27. The summed E-state index contributed by atoms with van der Waals surface area (Å²) in [5.74, 6) is 1.28. The lowest BCUT2D eigenvalue weighted by Crippen LogP contribution is -2.08. The predicted octanol–water partition coefficient (Wildman–Crippen LogP) is 7.43. The van der Waals surface area contributed by atoms with Crippen LogP contribution in [0.2, 0.25) is 10.0 Å². The Balaban J connectivity index is 1.64. The zero-order valence-electron chi connectivity index (χ0n) is 14.8. The van der Waals surface area contributed by atoms with Crippen LogP contribution in [0.4, 0.5) is 11.4 Å². The summed E-state index contributed by atoms with van der Waals surface area (Å²) in [5, 5.41) is 7.63. The van der Waals surface area contributed by atoms with Crippen LogP contribution in [-0.2, 0) is 0 Å². The van der Waals surface area contributed by atoms with E-state index in [0.717, 1.165) is 16.9 Å². The minimum atomic E-state index is 0.542. The number of anilines is 2. The van der Waals surface area contributed by atoms with Gasteiger partial charge in [-0.1, -0.05) is 59.6 Å². The van der Waals surface area contributed by atoms with Crippen LogP contribution in [0.15, 0.2) is 101 Å². The van der Waals surface area contributed by atoms with E-state index in [9.17, 15) is 0 Å². The summed E-state index contributed by atoms with van der Waals surface area (Å²) in [6.45, 7) is 0. The molecular formula is C23H16Cl2N2O. The van der Waals surface area contributed by atoms with Gasteiger partial charge in [-0.3, -0.25) is 0 Å². The van der Waals surface area contributed by atoms with Crippen LogP contribution in [0.25, 0.3) is 11.3 Å². The van der Waals surface area contributed by atoms with Gasteiger partial charge in [0.2, 0.25) is 0 Å². The van der Waals surface area contributed by atoms with E-state index in [4.69, 9.17) is 27.6 Å². The Morgan fingerprint density at radius 3 is 2.00 bits per heavy atom. The lowest BCUT2D eigenvalue weighted by atomic mass is 10.2. The molecule has 0 amide bonds. The van der Waals surface area contributed by atoms with E-state index >= 15 is 0 Å². The number of benzene rings is 3. The normalized spacial score (nSPS) is 11.1. The van der Waals surface area contributed by atoms with Crippen molar-refractivity contribution in [2.45, 2.75) is 0 Å². The molecule has 0 atom stereocenters. The molecule has 5 heteroatoms. The second-order valence-corrected chi connectivity index (χ2v) is 6.90. The van der Waals surface area contributed by atoms with Crippen molar-refractivity contribution in [1.29, 1.82) is 0 Å². The summed E-state index contributed by atoms with van der Waals surface area (Å²) in [4.78, 5) is 0. The Hall–Kier alpha value is -3.01. The molecule has 0 bridgehead atoms. The molecule has 0 aliphatic rings. The number of hydrogen-bond donors (Lipinski definition) is 0. The topological polar surface area (TPSA) is 28.7 Å². The monoisotopic (exact) mass is 406 g/mol. The molecule has 0 fully saturated rings. The number of hydrogen-bond acceptors (Lipinski definition) is 3. The smallest absolute Gasteiger partial charge is 0.147 e. The van der Waals surface area contributed by atoms with Gasteiger partial charge in [0.25, 0.3) is 0 Å². The molecule has 0 N–H and O–H groups in total. The molecule has 1 heterocycles. The van der Waals surface area contributed by atoms with Crippen LogP contribution in [0.5, 0.6) is 0 Å². The first kappa shape index (κ1) is 18.4. The minimum absolute atomic E-state index is 0.542. The summed E-state index contributed by atoms with van der Waals surface area (Å²) in [7, 11) is 0. The number of nitrogens with zero attached hydrogens (tertiary/aromatic N) is 2. The van der Waals surface area contributed by atoms with Gasteiger partial charge in [-0.2, -0.15) is 5.10 Å². The largest absolute Gasteiger partial charge is 0.455 e. The second kappa shape index (κ2) is 8.34. The van der Waals surface area contributed by atoms with Crippen molar-refractivity contribution < 1.29 is 4.42 Å². The first-order valence-electron chi connectivity index (χ1n) is 8.70. The van der Waals surface area contributed by atoms with E-state index in [1.807, 2.05) is 83.9 Å². The predicted molar refractivity (Wildman–Crippen MR) is 117 cm³/mol. The van der Waals surface area contributed by atoms with Crippen LogP contribution in [-0.4, -0.2) is 6.21 Å². The van der Waals surface area contributed by atoms with Gasteiger partial charge in [0.05, 0.1) is 22.6 Å². The highest BCUT2D eigenvalue weighted by molar-refractivity contribution is 6.36. The van der Waals surface area contributed by atoms with Crippen molar-refractivity contribution in [2.75, 3.05) is 5.01 Å². The molecule has 0 spiro atoms. The molecule has 0 aliphatic carbocycles. The second-order valence-electron chi connectivity index (χ2n) is 6.05. The lowest BCUT2D eigenvalue weighted by molar-refractivity contribution is 0.575. The fourth-order valence-corrected chi connectivity index (χ4v) is 3.29. The van der Waals surface area contributed by atoms with E-state index in [1.54, 1.807) is 18.3 Å². The van der Waals surface area contributed by atoms with E-state index < -0.39 is 0 Å². The molecule has 3 nitrogen and oxygen atoms in total. The summed E-state index contributed by atoms with van der Waals surface area (Å²) >= 11 is 12.2. The molecule has 28 heavy (non-hydrogen) atoms. The highest BCUT2D eigenvalue weighted by Crippen LogP contribution is 2.31. The Bertz CT molecular complexity index is 1050. The molecule has 0 radical (unpaired) electrons. The number of furan rings is 1. The van der Waals surface area contributed by atoms with Gasteiger partial charge in [0.15, 0.2) is 0 Å². The Morgan fingerprint density at radius 1 is 0.750 bits per heavy atom. The van der Waals surface area contributed by atoms with Crippen LogP contribution in [0, 0.1) is 0 Å². The van der Waals surface area contributed by atoms with E-state index in [-0.39, 0.29) is 0 Å². The number of rotatable bonds is 5. The third kappa shape index (κ3) is 4.11. The summed E-state index contributed by atoms with van der Waals surface area (Å²) in [5.41, 5.74) is 2.70. The van der Waals surface area contributed by atoms with Crippen molar-refractivity contribution in [3.05, 3.63) is 107 Å². The number of halogens is 2. The van der Waals surface area contributed by atoms with Crippen LogP contribution in [0.3, 0.4) is 0 Å². The Labute approximate surface area is 173 Å². The van der Waals surface area contributed by atoms with Crippen molar-refractivity contribution in [1.82, 2.24) is 0 Å². The molecule has 0 saturated carbocycles. The molecule has 0 aliphatic heterocycles. The third-order valence-electron chi connectivity index (χ3n) is 4.13. The third-order valence-corrected chi connectivity index (χ3v) is 4.67. The summed E-state index contributed by atoms with van der Waals surface area (Å²) < 4.78 is 5.91. The van der Waals surface area contributed by atoms with E-state index in [1.165, 1.54) is 0 Å². The summed E-state index contributed by atoms with van der Waals surface area (Å²) in [6.07, 6.45) is 1.69. The molecule has 0 saturated heterocycles. The molecule has 4 aromatic rings. The van der Waals surface area contributed by atoms with Crippen LogP contribution in [0.1, 0.15) is 5.76 Å². The minimum Gasteiger partial charge on any atom is -0.455 e. The highest BCUT2D eigenvalue weighted by atomic mass is 35.5. The Morgan fingerprint density at radius 2 is 1.39 bits per heavy atom. The fraction of sp³-hybridized carbons (Fsp3) is 0. The highest BCUT2D eigenvalue weighted by Gasteiger charge is 2.10. The molecular weight excluding hydrogens is 391 g/mol. The zero-order valence-corrected chi connectivity index (χ0v) is 16.3. The van der Waals surface area contributed by atoms with Crippen LogP contribution < -0.4 is 5.01 Å². The lowest BCUT2D eigenvalue weighted by Gasteiger charge is -2.18. The zero-order chi connectivity index (χ0) is 19.3. The van der Waals surface area contributed by atoms with Gasteiger partial charge in [0.1, 0.15) is 11.5 Å². The fourth-order valence-electron chi connectivity index (χ4n) is 2.79. The molecule has 3 aromatic carbocycles. The standard InChI is InChI=1S/C23H16Cl2N2O/c24-17-11-13-21(22(25)15-17)23-14-12-20(28-23)16-26-27(18-7-3-1-4-8-18)19-9-5-2-6-10-19/h1-16H/b26-16-.